The van der Waals surface area contributed by atoms with E-state index in [2.05, 4.69) is 0 Å². The van der Waals surface area contributed by atoms with Gasteiger partial charge in [0.1, 0.15) is 0 Å². The van der Waals surface area contributed by atoms with Crippen molar-refractivity contribution in [3.05, 3.63) is 0 Å². The molecule has 0 bridgehead atoms. The molecule has 0 unspecified atom stereocenters. The summed E-state index contributed by atoms with van der Waals surface area (Å²) < 4.78 is 35.3. The van der Waals surface area contributed by atoms with E-state index in [1.807, 2.05) is 0 Å². The standard InChI is InChI=1S/C7H10F3NO2/c8-7(9,10)6(13)4-11-2-1-5(12)3-11/h5,12H,1-4H2/t5-/m1/s1. The number of likely N-dealkylation sites (tertiary alicyclic amines) is 1. The molecule has 0 aliphatic carbocycles. The molecule has 3 nitrogen and oxygen atoms in total. The van der Waals surface area contributed by atoms with Crippen LogP contribution in [-0.4, -0.2) is 47.7 Å². The lowest BCUT2D eigenvalue weighted by atomic mass is 10.3. The number of ketones is 1. The zero-order valence-electron chi connectivity index (χ0n) is 6.84. The second-order valence-corrected chi connectivity index (χ2v) is 3.10. The molecular formula is C7H10F3NO2. The van der Waals surface area contributed by atoms with Crippen LogP contribution in [0.15, 0.2) is 0 Å². The molecule has 6 heteroatoms. The van der Waals surface area contributed by atoms with Gasteiger partial charge in [0.15, 0.2) is 0 Å². The molecular weight excluding hydrogens is 187 g/mol. The van der Waals surface area contributed by atoms with E-state index in [4.69, 9.17) is 5.11 Å². The quantitative estimate of drug-likeness (QED) is 0.686. The van der Waals surface area contributed by atoms with E-state index in [9.17, 15) is 18.0 Å². The van der Waals surface area contributed by atoms with E-state index in [0.29, 0.717) is 13.0 Å². The second-order valence-electron chi connectivity index (χ2n) is 3.10. The average molecular weight is 197 g/mol. The molecule has 1 rings (SSSR count). The molecule has 0 radical (unpaired) electrons. The van der Waals surface area contributed by atoms with Gasteiger partial charge in [-0.3, -0.25) is 9.69 Å². The summed E-state index contributed by atoms with van der Waals surface area (Å²) in [4.78, 5) is 11.8. The fourth-order valence-electron chi connectivity index (χ4n) is 1.25. The molecule has 1 saturated heterocycles. The number of carbonyl (C=O) groups is 1. The number of hydrogen-bond acceptors (Lipinski definition) is 3. The minimum atomic E-state index is -4.76. The highest BCUT2D eigenvalue weighted by Crippen LogP contribution is 2.18. The Balaban J connectivity index is 2.37. The summed E-state index contributed by atoms with van der Waals surface area (Å²) >= 11 is 0. The van der Waals surface area contributed by atoms with E-state index in [1.165, 1.54) is 4.90 Å². The number of alkyl halides is 3. The van der Waals surface area contributed by atoms with Gasteiger partial charge >= 0.3 is 6.18 Å². The van der Waals surface area contributed by atoms with Crippen molar-refractivity contribution in [2.75, 3.05) is 19.6 Å². The maximum Gasteiger partial charge on any atom is 0.451 e. The summed E-state index contributed by atoms with van der Waals surface area (Å²) in [5.74, 6) is -1.75. The number of carbonyl (C=O) groups excluding carboxylic acids is 1. The normalized spacial score (nSPS) is 25.1. The first-order valence-electron chi connectivity index (χ1n) is 3.90. The third kappa shape index (κ3) is 2.96. The lowest BCUT2D eigenvalue weighted by Crippen LogP contribution is -2.36. The van der Waals surface area contributed by atoms with Gasteiger partial charge in [0, 0.05) is 13.1 Å². The molecule has 1 aliphatic rings. The van der Waals surface area contributed by atoms with Crippen LogP contribution in [0.4, 0.5) is 13.2 Å². The molecule has 1 heterocycles. The van der Waals surface area contributed by atoms with E-state index >= 15 is 0 Å². The van der Waals surface area contributed by atoms with Gasteiger partial charge in [-0.15, -0.1) is 0 Å². The van der Waals surface area contributed by atoms with Crippen molar-refractivity contribution < 1.29 is 23.1 Å². The third-order valence-corrected chi connectivity index (χ3v) is 1.93. The maximum atomic E-state index is 11.8. The number of aliphatic hydroxyl groups is 1. The Hall–Kier alpha value is -0.620. The topological polar surface area (TPSA) is 40.5 Å². The Bertz CT molecular complexity index is 204. The molecule has 13 heavy (non-hydrogen) atoms. The Morgan fingerprint density at radius 1 is 1.54 bits per heavy atom. The zero-order chi connectivity index (χ0) is 10.1. The van der Waals surface area contributed by atoms with E-state index in [1.54, 1.807) is 0 Å². The lowest BCUT2D eigenvalue weighted by molar-refractivity contribution is -0.171. The van der Waals surface area contributed by atoms with Crippen LogP contribution in [0.5, 0.6) is 0 Å². The average Bonchev–Trinajstić information content (AvgIpc) is 2.33. The van der Waals surface area contributed by atoms with Crippen LogP contribution < -0.4 is 0 Å². The van der Waals surface area contributed by atoms with Gasteiger partial charge in [-0.2, -0.15) is 13.2 Å². The van der Waals surface area contributed by atoms with Crippen molar-refractivity contribution in [2.45, 2.75) is 18.7 Å². The summed E-state index contributed by atoms with van der Waals surface area (Å²) in [5, 5.41) is 8.98. The monoisotopic (exact) mass is 197 g/mol. The van der Waals surface area contributed by atoms with Crippen LogP contribution in [0, 0.1) is 0 Å². The van der Waals surface area contributed by atoms with Crippen molar-refractivity contribution in [1.82, 2.24) is 4.90 Å². The molecule has 0 spiro atoms. The van der Waals surface area contributed by atoms with Crippen LogP contribution in [-0.2, 0) is 4.79 Å². The molecule has 0 amide bonds. The summed E-state index contributed by atoms with van der Waals surface area (Å²) in [6.07, 6.45) is -4.92. The van der Waals surface area contributed by atoms with Gasteiger partial charge in [-0.05, 0) is 6.42 Å². The van der Waals surface area contributed by atoms with Gasteiger partial charge in [0.2, 0.25) is 5.78 Å². The van der Waals surface area contributed by atoms with E-state index in [0.717, 1.165) is 0 Å². The molecule has 0 saturated carbocycles. The smallest absolute Gasteiger partial charge is 0.392 e. The van der Waals surface area contributed by atoms with Crippen LogP contribution in [0.1, 0.15) is 6.42 Å². The molecule has 1 aliphatic heterocycles. The number of aliphatic hydroxyl groups excluding tert-OH is 1. The van der Waals surface area contributed by atoms with E-state index in [-0.39, 0.29) is 6.54 Å². The number of halogens is 3. The molecule has 0 aromatic rings. The largest absolute Gasteiger partial charge is 0.451 e. The Morgan fingerprint density at radius 3 is 2.54 bits per heavy atom. The summed E-state index contributed by atoms with van der Waals surface area (Å²) in [6.45, 7) is -0.134. The highest BCUT2D eigenvalue weighted by atomic mass is 19.4. The van der Waals surface area contributed by atoms with Crippen molar-refractivity contribution in [3.8, 4) is 0 Å². The minimum Gasteiger partial charge on any atom is -0.392 e. The van der Waals surface area contributed by atoms with Gasteiger partial charge < -0.3 is 5.11 Å². The summed E-state index contributed by atoms with van der Waals surface area (Å²) in [7, 11) is 0. The SMILES string of the molecule is O=C(CN1CC[C@@H](O)C1)C(F)(F)F. The zero-order valence-corrected chi connectivity index (χ0v) is 6.84. The molecule has 1 atom stereocenters. The fourth-order valence-corrected chi connectivity index (χ4v) is 1.25. The van der Waals surface area contributed by atoms with Crippen molar-refractivity contribution in [2.24, 2.45) is 0 Å². The van der Waals surface area contributed by atoms with E-state index < -0.39 is 24.6 Å². The van der Waals surface area contributed by atoms with Gasteiger partial charge in [-0.1, -0.05) is 0 Å². The maximum absolute atomic E-state index is 11.8. The van der Waals surface area contributed by atoms with Gasteiger partial charge in [-0.25, -0.2) is 0 Å². The first-order valence-corrected chi connectivity index (χ1v) is 3.90. The highest BCUT2D eigenvalue weighted by molar-refractivity contribution is 5.85. The van der Waals surface area contributed by atoms with Crippen LogP contribution >= 0.6 is 0 Å². The number of nitrogens with zero attached hydrogens (tertiary/aromatic N) is 1. The second kappa shape index (κ2) is 3.63. The first kappa shape index (κ1) is 10.5. The van der Waals surface area contributed by atoms with Crippen molar-refractivity contribution >= 4 is 5.78 Å². The Kier molecular flexibility index (Phi) is 2.92. The Morgan fingerprint density at radius 2 is 2.15 bits per heavy atom. The number of hydrogen-bond donors (Lipinski definition) is 1. The molecule has 1 fully saturated rings. The highest BCUT2D eigenvalue weighted by Gasteiger charge is 2.39. The Labute approximate surface area is 73.1 Å². The molecule has 0 aromatic heterocycles. The van der Waals surface area contributed by atoms with Crippen molar-refractivity contribution in [1.29, 1.82) is 0 Å². The van der Waals surface area contributed by atoms with Crippen LogP contribution in [0.2, 0.25) is 0 Å². The molecule has 0 aromatic carbocycles. The molecule has 76 valence electrons. The van der Waals surface area contributed by atoms with Crippen LogP contribution in [0.25, 0.3) is 0 Å². The van der Waals surface area contributed by atoms with Crippen molar-refractivity contribution in [3.63, 3.8) is 0 Å². The van der Waals surface area contributed by atoms with Gasteiger partial charge in [0.05, 0.1) is 12.6 Å². The minimum absolute atomic E-state index is 0.155. The third-order valence-electron chi connectivity index (χ3n) is 1.93. The van der Waals surface area contributed by atoms with Gasteiger partial charge in [0.25, 0.3) is 0 Å². The number of rotatable bonds is 2. The lowest BCUT2D eigenvalue weighted by Gasteiger charge is -2.14. The summed E-state index contributed by atoms with van der Waals surface area (Å²) in [6, 6.07) is 0. The van der Waals surface area contributed by atoms with Crippen LogP contribution in [0.3, 0.4) is 0 Å². The molecule has 1 N–H and O–H groups in total. The number of Topliss-reactive ketones (excluding diaryl/α,β-unsaturated/α-hetero) is 1. The predicted molar refractivity (Wildman–Crippen MR) is 38.1 cm³/mol. The summed E-state index contributed by atoms with van der Waals surface area (Å²) in [5.41, 5.74) is 0. The predicted octanol–water partition coefficient (Wildman–Crippen LogP) is 0.184. The number of β-amino-alcohol motifs (C(OH)–C–C–N with tert-alkyl or cyclic N) is 1. The first-order chi connectivity index (χ1) is 5.89. The fraction of sp³-hybridized carbons (Fsp3) is 0.857.